The minimum absolute atomic E-state index is 0.000497. The number of nitrogens with one attached hydrogen (secondary N) is 1. The van der Waals surface area contributed by atoms with Crippen LogP contribution in [0.3, 0.4) is 0 Å². The lowest BCUT2D eigenvalue weighted by molar-refractivity contribution is -0.384. The van der Waals surface area contributed by atoms with Gasteiger partial charge in [-0.1, -0.05) is 17.7 Å². The summed E-state index contributed by atoms with van der Waals surface area (Å²) in [5.41, 5.74) is 4.71. The number of hydrazone groups is 1. The van der Waals surface area contributed by atoms with Gasteiger partial charge in [-0.2, -0.15) is 5.10 Å². The van der Waals surface area contributed by atoms with Gasteiger partial charge in [-0.05, 0) is 90.8 Å². The van der Waals surface area contributed by atoms with Crippen LogP contribution in [0.15, 0.2) is 107 Å². The lowest BCUT2D eigenvalue weighted by Gasteiger charge is -2.23. The summed E-state index contributed by atoms with van der Waals surface area (Å²) >= 11 is 0. The van der Waals surface area contributed by atoms with E-state index in [1.165, 1.54) is 42.6 Å². The van der Waals surface area contributed by atoms with Crippen molar-refractivity contribution in [3.63, 3.8) is 0 Å². The van der Waals surface area contributed by atoms with E-state index in [1.54, 1.807) is 48.5 Å². The Kier molecular flexibility index (Phi) is 9.05. The molecule has 0 saturated carbocycles. The second kappa shape index (κ2) is 12.8. The van der Waals surface area contributed by atoms with Gasteiger partial charge in [0.15, 0.2) is 0 Å². The van der Waals surface area contributed by atoms with E-state index in [4.69, 9.17) is 4.74 Å². The molecule has 0 fully saturated rings. The molecular weight excluding hydrogens is 551 g/mol. The molecule has 0 radical (unpaired) electrons. The van der Waals surface area contributed by atoms with Crippen LogP contribution in [-0.2, 0) is 21.4 Å². The summed E-state index contributed by atoms with van der Waals surface area (Å²) in [5.74, 6) is -0.691. The molecule has 0 aliphatic heterocycles. The fraction of sp³-hybridized carbons (Fsp3) is 0.103. The maximum Gasteiger partial charge on any atom is 0.269 e. The van der Waals surface area contributed by atoms with Crippen LogP contribution in [-0.4, -0.2) is 32.0 Å². The van der Waals surface area contributed by atoms with Gasteiger partial charge in [0.25, 0.3) is 21.6 Å². The first-order valence-electron chi connectivity index (χ1n) is 12.2. The number of sulfonamides is 1. The molecule has 4 aromatic rings. The molecule has 41 heavy (non-hydrogen) atoms. The SMILES string of the molecule is Cc1ccc(S(=O)(=O)N(CC(=O)NN=Cc2ccc(OCc3ccc([N+](=O)[O-])cc3)cc2)c2ccc(F)cc2)cc1. The number of nitrogens with zero attached hydrogens (tertiary/aromatic N) is 3. The molecule has 210 valence electrons. The number of carbonyl (C=O) groups is 1. The Balaban J connectivity index is 1.37. The zero-order chi connectivity index (χ0) is 29.4. The molecule has 1 N–H and O–H groups in total. The number of benzene rings is 4. The number of amides is 1. The van der Waals surface area contributed by atoms with Gasteiger partial charge in [0.2, 0.25) is 0 Å². The third-order valence-electron chi connectivity index (χ3n) is 5.85. The number of aryl methyl sites for hydroxylation is 1. The number of nitro groups is 1. The minimum atomic E-state index is -4.14. The topological polar surface area (TPSA) is 131 Å². The van der Waals surface area contributed by atoms with Gasteiger partial charge >= 0.3 is 0 Å². The average Bonchev–Trinajstić information content (AvgIpc) is 2.96. The third kappa shape index (κ3) is 7.73. The molecular formula is C29H25FN4O6S. The van der Waals surface area contributed by atoms with E-state index in [0.29, 0.717) is 11.3 Å². The van der Waals surface area contributed by atoms with Crippen molar-refractivity contribution in [3.8, 4) is 5.75 Å². The Morgan fingerprint density at radius 2 is 1.61 bits per heavy atom. The number of anilines is 1. The molecule has 0 bridgehead atoms. The maximum absolute atomic E-state index is 13.5. The molecule has 0 spiro atoms. The monoisotopic (exact) mass is 576 g/mol. The van der Waals surface area contributed by atoms with Crippen LogP contribution in [0.25, 0.3) is 0 Å². The fourth-order valence-corrected chi connectivity index (χ4v) is 5.06. The number of rotatable bonds is 11. The first-order chi connectivity index (χ1) is 19.6. The number of halogens is 1. The van der Waals surface area contributed by atoms with E-state index in [0.717, 1.165) is 27.6 Å². The molecule has 0 heterocycles. The maximum atomic E-state index is 13.5. The van der Waals surface area contributed by atoms with Crippen LogP contribution < -0.4 is 14.5 Å². The van der Waals surface area contributed by atoms with Crippen LogP contribution in [0.5, 0.6) is 5.75 Å². The van der Waals surface area contributed by atoms with E-state index < -0.39 is 33.2 Å². The molecule has 0 aromatic heterocycles. The molecule has 4 aromatic carbocycles. The first kappa shape index (κ1) is 28.9. The molecule has 0 atom stereocenters. The van der Waals surface area contributed by atoms with Crippen molar-refractivity contribution in [1.29, 1.82) is 0 Å². The largest absolute Gasteiger partial charge is 0.489 e. The Bertz CT molecular complexity index is 1640. The van der Waals surface area contributed by atoms with Gasteiger partial charge in [-0.15, -0.1) is 0 Å². The highest BCUT2D eigenvalue weighted by atomic mass is 32.2. The van der Waals surface area contributed by atoms with Gasteiger partial charge in [-0.3, -0.25) is 19.2 Å². The highest BCUT2D eigenvalue weighted by Crippen LogP contribution is 2.24. The van der Waals surface area contributed by atoms with Gasteiger partial charge in [0, 0.05) is 12.1 Å². The van der Waals surface area contributed by atoms with E-state index in [2.05, 4.69) is 10.5 Å². The normalized spacial score (nSPS) is 11.3. The van der Waals surface area contributed by atoms with Gasteiger partial charge in [-0.25, -0.2) is 18.2 Å². The molecule has 1 amide bonds. The zero-order valence-corrected chi connectivity index (χ0v) is 22.6. The van der Waals surface area contributed by atoms with Crippen LogP contribution in [0.4, 0.5) is 15.8 Å². The van der Waals surface area contributed by atoms with Crippen molar-refractivity contribution in [2.24, 2.45) is 5.10 Å². The number of hydrogen-bond donors (Lipinski definition) is 1. The number of ether oxygens (including phenoxy) is 1. The molecule has 0 aliphatic rings. The second-order valence-electron chi connectivity index (χ2n) is 8.88. The summed E-state index contributed by atoms with van der Waals surface area (Å²) in [6, 6.07) is 23.8. The van der Waals surface area contributed by atoms with E-state index in [1.807, 2.05) is 6.92 Å². The third-order valence-corrected chi connectivity index (χ3v) is 7.63. The Labute approximate surface area is 235 Å². The highest BCUT2D eigenvalue weighted by Gasteiger charge is 2.27. The first-order valence-corrected chi connectivity index (χ1v) is 13.7. The summed E-state index contributed by atoms with van der Waals surface area (Å²) in [5, 5.41) is 14.7. The summed E-state index contributed by atoms with van der Waals surface area (Å²) < 4.78 is 46.8. The average molecular weight is 577 g/mol. The van der Waals surface area contributed by atoms with E-state index >= 15 is 0 Å². The van der Waals surface area contributed by atoms with E-state index in [-0.39, 0.29) is 22.9 Å². The van der Waals surface area contributed by atoms with Gasteiger partial charge in [0.1, 0.15) is 24.7 Å². The van der Waals surface area contributed by atoms with Crippen LogP contribution >= 0.6 is 0 Å². The van der Waals surface area contributed by atoms with Crippen LogP contribution in [0.2, 0.25) is 0 Å². The zero-order valence-electron chi connectivity index (χ0n) is 21.8. The Morgan fingerprint density at radius 1 is 0.976 bits per heavy atom. The number of hydrogen-bond acceptors (Lipinski definition) is 7. The van der Waals surface area contributed by atoms with E-state index in [9.17, 15) is 27.7 Å². The number of nitro benzene ring substituents is 1. The number of carbonyl (C=O) groups excluding carboxylic acids is 1. The fourth-order valence-electron chi connectivity index (χ4n) is 3.64. The standard InChI is InChI=1S/C29H25FN4O6S/c1-21-2-16-28(17-3-21)41(38,39)33(25-12-8-24(30)9-13-25)19-29(35)32-31-18-22-6-14-27(15-7-22)40-20-23-4-10-26(11-5-23)34(36)37/h2-18H,19-20H2,1H3,(H,32,35). The molecule has 4 rings (SSSR count). The van der Waals surface area contributed by atoms with Crippen molar-refractivity contribution in [2.45, 2.75) is 18.4 Å². The van der Waals surface area contributed by atoms with Crippen molar-refractivity contribution in [1.82, 2.24) is 5.43 Å². The molecule has 10 nitrogen and oxygen atoms in total. The van der Waals surface area contributed by atoms with Crippen molar-refractivity contribution >= 4 is 33.5 Å². The Hall–Kier alpha value is -5.10. The molecule has 0 unspecified atom stereocenters. The summed E-state index contributed by atoms with van der Waals surface area (Å²) in [4.78, 5) is 23.0. The van der Waals surface area contributed by atoms with Crippen molar-refractivity contribution < 1.29 is 27.3 Å². The minimum Gasteiger partial charge on any atom is -0.489 e. The van der Waals surface area contributed by atoms with Crippen molar-refractivity contribution in [2.75, 3.05) is 10.8 Å². The molecule has 12 heteroatoms. The summed E-state index contributed by atoms with van der Waals surface area (Å²) in [6.07, 6.45) is 1.38. The summed E-state index contributed by atoms with van der Waals surface area (Å²) in [7, 11) is -4.14. The van der Waals surface area contributed by atoms with Crippen molar-refractivity contribution in [3.05, 3.63) is 130 Å². The quantitative estimate of drug-likeness (QED) is 0.152. The second-order valence-corrected chi connectivity index (χ2v) is 10.7. The van der Waals surface area contributed by atoms with Gasteiger partial charge in [0.05, 0.1) is 21.7 Å². The molecule has 0 saturated heterocycles. The number of non-ortho nitro benzene ring substituents is 1. The predicted molar refractivity (Wildman–Crippen MR) is 152 cm³/mol. The molecule has 0 aliphatic carbocycles. The smallest absolute Gasteiger partial charge is 0.269 e. The van der Waals surface area contributed by atoms with Crippen LogP contribution in [0.1, 0.15) is 16.7 Å². The van der Waals surface area contributed by atoms with Crippen LogP contribution in [0, 0.1) is 22.9 Å². The van der Waals surface area contributed by atoms with Gasteiger partial charge < -0.3 is 4.74 Å². The Morgan fingerprint density at radius 3 is 2.22 bits per heavy atom. The highest BCUT2D eigenvalue weighted by molar-refractivity contribution is 7.92. The summed E-state index contributed by atoms with van der Waals surface area (Å²) in [6.45, 7) is 1.45. The predicted octanol–water partition coefficient (Wildman–Crippen LogP) is 4.97. The lowest BCUT2D eigenvalue weighted by Crippen LogP contribution is -2.39. The lowest BCUT2D eigenvalue weighted by atomic mass is 10.2.